The lowest BCUT2D eigenvalue weighted by Gasteiger charge is -2.36. The SMILES string of the molecule is C=C([C@@H](N)CN1C[C@@H]2C[C@H]1C(=O)N2c1cccc(C#N)c1)N1CCCC1C#N. The average Bonchev–Trinajstić information content (AvgIpc) is 3.41. The molecule has 1 amide bonds. The van der Waals surface area contributed by atoms with Crippen LogP contribution in [0.5, 0.6) is 0 Å². The highest BCUT2D eigenvalue weighted by molar-refractivity contribution is 6.01. The number of carbonyl (C=O) groups is 1. The van der Waals surface area contributed by atoms with Gasteiger partial charge in [-0.25, -0.2) is 0 Å². The van der Waals surface area contributed by atoms with Crippen LogP contribution >= 0.6 is 0 Å². The van der Waals surface area contributed by atoms with Gasteiger partial charge in [-0.1, -0.05) is 12.6 Å². The molecule has 4 atom stereocenters. The summed E-state index contributed by atoms with van der Waals surface area (Å²) >= 11 is 0. The van der Waals surface area contributed by atoms with Crippen LogP contribution in [0.15, 0.2) is 36.5 Å². The summed E-state index contributed by atoms with van der Waals surface area (Å²) in [5.74, 6) is 0.0697. The Bertz CT molecular complexity index is 884. The fourth-order valence-electron chi connectivity index (χ4n) is 4.74. The molecule has 1 aromatic carbocycles. The number of anilines is 1. The third-order valence-corrected chi connectivity index (χ3v) is 6.15. The fourth-order valence-corrected chi connectivity index (χ4v) is 4.74. The van der Waals surface area contributed by atoms with E-state index in [0.29, 0.717) is 12.1 Å². The van der Waals surface area contributed by atoms with Crippen LogP contribution in [0.4, 0.5) is 5.69 Å². The highest BCUT2D eigenvalue weighted by Crippen LogP contribution is 2.36. The molecule has 0 radical (unpaired) electrons. The summed E-state index contributed by atoms with van der Waals surface area (Å²) in [6, 6.07) is 11.1. The van der Waals surface area contributed by atoms with Crippen LogP contribution in [0.1, 0.15) is 24.8 Å². The molecule has 3 aliphatic heterocycles. The van der Waals surface area contributed by atoms with E-state index in [1.807, 2.05) is 21.9 Å². The van der Waals surface area contributed by atoms with Gasteiger partial charge >= 0.3 is 0 Å². The lowest BCUT2D eigenvalue weighted by Crippen LogP contribution is -2.54. The van der Waals surface area contributed by atoms with Gasteiger partial charge in [-0.15, -0.1) is 0 Å². The van der Waals surface area contributed by atoms with Crippen molar-refractivity contribution in [3.05, 3.63) is 42.1 Å². The van der Waals surface area contributed by atoms with Crippen LogP contribution in [0.25, 0.3) is 0 Å². The van der Waals surface area contributed by atoms with Crippen molar-refractivity contribution >= 4 is 11.6 Å². The minimum absolute atomic E-state index is 0.0697. The number of hydrogen-bond donors (Lipinski definition) is 1. The van der Waals surface area contributed by atoms with Gasteiger partial charge in [0.25, 0.3) is 0 Å². The zero-order valence-corrected chi connectivity index (χ0v) is 15.8. The fraction of sp³-hybridized carbons (Fsp3) is 0.476. The molecule has 3 heterocycles. The van der Waals surface area contributed by atoms with Crippen LogP contribution in [0, 0.1) is 22.7 Å². The Kier molecular flexibility index (Phi) is 4.80. The molecule has 3 fully saturated rings. The van der Waals surface area contributed by atoms with Gasteiger partial charge in [0.1, 0.15) is 6.04 Å². The second-order valence-electron chi connectivity index (χ2n) is 7.81. The van der Waals surface area contributed by atoms with Crippen molar-refractivity contribution in [1.29, 1.82) is 10.5 Å². The predicted molar refractivity (Wildman–Crippen MR) is 105 cm³/mol. The molecule has 0 aliphatic carbocycles. The molecule has 1 aromatic rings. The summed E-state index contributed by atoms with van der Waals surface area (Å²) in [6.45, 7) is 6.28. The van der Waals surface area contributed by atoms with Gasteiger partial charge in [0.15, 0.2) is 0 Å². The summed E-state index contributed by atoms with van der Waals surface area (Å²) in [7, 11) is 0. The molecule has 4 rings (SSSR count). The molecule has 28 heavy (non-hydrogen) atoms. The number of nitrogens with two attached hydrogens (primary N) is 1. The van der Waals surface area contributed by atoms with Crippen molar-refractivity contribution in [2.75, 3.05) is 24.5 Å². The number of nitrogens with zero attached hydrogens (tertiary/aromatic N) is 5. The van der Waals surface area contributed by atoms with Crippen LogP contribution in [0.2, 0.25) is 0 Å². The number of rotatable bonds is 5. The molecule has 1 unspecified atom stereocenters. The smallest absolute Gasteiger partial charge is 0.244 e. The lowest BCUT2D eigenvalue weighted by atomic mass is 10.1. The zero-order valence-electron chi connectivity index (χ0n) is 15.8. The van der Waals surface area contributed by atoms with E-state index in [0.717, 1.165) is 43.7 Å². The molecule has 2 bridgehead atoms. The topological polar surface area (TPSA) is 100 Å². The van der Waals surface area contributed by atoms with Crippen molar-refractivity contribution in [2.45, 2.75) is 43.4 Å². The quantitative estimate of drug-likeness (QED) is 0.828. The van der Waals surface area contributed by atoms with Crippen LogP contribution < -0.4 is 10.6 Å². The number of piperazine rings is 1. The summed E-state index contributed by atoms with van der Waals surface area (Å²) in [6.07, 6.45) is 2.61. The third kappa shape index (κ3) is 3.03. The third-order valence-electron chi connectivity index (χ3n) is 6.15. The maximum absolute atomic E-state index is 13.0. The largest absolute Gasteiger partial charge is 0.358 e. The minimum atomic E-state index is -0.295. The maximum atomic E-state index is 13.0. The van der Waals surface area contributed by atoms with Crippen LogP contribution in [-0.2, 0) is 4.79 Å². The number of amides is 1. The van der Waals surface area contributed by atoms with E-state index in [4.69, 9.17) is 11.0 Å². The molecule has 7 nitrogen and oxygen atoms in total. The summed E-state index contributed by atoms with van der Waals surface area (Å²) in [5, 5.41) is 18.4. The van der Waals surface area contributed by atoms with Crippen LogP contribution in [-0.4, -0.2) is 59.5 Å². The number of hydrogen-bond acceptors (Lipinski definition) is 6. The van der Waals surface area contributed by atoms with E-state index in [1.165, 1.54) is 0 Å². The first kappa shape index (κ1) is 18.5. The second kappa shape index (κ2) is 7.27. The summed E-state index contributed by atoms with van der Waals surface area (Å²) < 4.78 is 0. The highest BCUT2D eigenvalue weighted by atomic mass is 16.2. The first-order valence-corrected chi connectivity index (χ1v) is 9.71. The molecule has 0 saturated carbocycles. The highest BCUT2D eigenvalue weighted by Gasteiger charge is 2.50. The van der Waals surface area contributed by atoms with Crippen LogP contribution in [0.3, 0.4) is 0 Å². The molecular formula is C21H24N6O. The Morgan fingerprint density at radius 1 is 1.39 bits per heavy atom. The Hall–Kier alpha value is -2.87. The monoisotopic (exact) mass is 376 g/mol. The molecule has 0 aromatic heterocycles. The van der Waals surface area contributed by atoms with E-state index < -0.39 is 0 Å². The Labute approximate surface area is 165 Å². The second-order valence-corrected chi connectivity index (χ2v) is 7.81. The van der Waals surface area contributed by atoms with Gasteiger partial charge in [-0.2, -0.15) is 10.5 Å². The molecule has 2 N–H and O–H groups in total. The van der Waals surface area contributed by atoms with E-state index in [1.54, 1.807) is 12.1 Å². The zero-order chi connectivity index (χ0) is 19.8. The number of carbonyl (C=O) groups excluding carboxylic acids is 1. The van der Waals surface area contributed by atoms with Gasteiger partial charge in [0.05, 0.1) is 35.8 Å². The molecule has 7 heteroatoms. The number of benzene rings is 1. The Morgan fingerprint density at radius 3 is 2.93 bits per heavy atom. The van der Waals surface area contributed by atoms with E-state index in [2.05, 4.69) is 23.6 Å². The van der Waals surface area contributed by atoms with Crippen molar-refractivity contribution in [2.24, 2.45) is 5.73 Å². The van der Waals surface area contributed by atoms with Gasteiger partial charge < -0.3 is 15.5 Å². The van der Waals surface area contributed by atoms with Gasteiger partial charge in [0, 0.05) is 31.0 Å². The number of fused-ring (bicyclic) bond motifs is 2. The summed E-state index contributed by atoms with van der Waals surface area (Å²) in [5.41, 5.74) is 8.54. The number of nitriles is 2. The Morgan fingerprint density at radius 2 is 2.21 bits per heavy atom. The lowest BCUT2D eigenvalue weighted by molar-refractivity contribution is -0.122. The molecular weight excluding hydrogens is 352 g/mol. The van der Waals surface area contributed by atoms with Crippen molar-refractivity contribution in [1.82, 2.24) is 9.80 Å². The molecule has 0 spiro atoms. The summed E-state index contributed by atoms with van der Waals surface area (Å²) in [4.78, 5) is 19.0. The van der Waals surface area contributed by atoms with Gasteiger partial charge in [-0.3, -0.25) is 9.69 Å². The predicted octanol–water partition coefficient (Wildman–Crippen LogP) is 1.18. The minimum Gasteiger partial charge on any atom is -0.358 e. The average molecular weight is 376 g/mol. The molecule has 3 aliphatic rings. The molecule has 144 valence electrons. The number of likely N-dealkylation sites (tertiary alicyclic amines) is 2. The Balaban J connectivity index is 1.42. The maximum Gasteiger partial charge on any atom is 0.244 e. The molecule has 3 saturated heterocycles. The van der Waals surface area contributed by atoms with Gasteiger partial charge in [0.2, 0.25) is 5.91 Å². The standard InChI is InChI=1S/C21H24N6O/c1-14(26-7-3-6-17(26)11-23)19(24)13-25-12-18-9-20(25)21(28)27(18)16-5-2-4-15(8-16)10-22/h2,4-5,8,17-20H,1,3,6-7,9,12-13,24H2/t17?,18-,19-,20-/m0/s1. The van der Waals surface area contributed by atoms with E-state index in [-0.39, 0.29) is 30.1 Å². The first-order chi connectivity index (χ1) is 13.5. The van der Waals surface area contributed by atoms with E-state index in [9.17, 15) is 10.1 Å². The normalized spacial score (nSPS) is 27.7. The van der Waals surface area contributed by atoms with Crippen molar-refractivity contribution in [3.8, 4) is 12.1 Å². The van der Waals surface area contributed by atoms with Crippen molar-refractivity contribution < 1.29 is 4.79 Å². The van der Waals surface area contributed by atoms with E-state index >= 15 is 0 Å². The first-order valence-electron chi connectivity index (χ1n) is 9.71. The van der Waals surface area contributed by atoms with Crippen molar-refractivity contribution in [3.63, 3.8) is 0 Å². The van der Waals surface area contributed by atoms with Gasteiger partial charge in [-0.05, 0) is 37.5 Å².